The van der Waals surface area contributed by atoms with E-state index in [9.17, 15) is 22.8 Å². The fraction of sp³-hybridized carbons (Fsp3) is 0.696. The minimum absolute atomic E-state index is 0.113. The van der Waals surface area contributed by atoms with Gasteiger partial charge in [-0.05, 0) is 50.9 Å². The number of hydrogen-bond donors (Lipinski definition) is 6. The van der Waals surface area contributed by atoms with Gasteiger partial charge in [-0.2, -0.15) is 5.26 Å². The van der Waals surface area contributed by atoms with E-state index in [0.717, 1.165) is 12.8 Å². The highest BCUT2D eigenvalue weighted by Crippen LogP contribution is 2.28. The number of carbonyl (C=O) groups is 3. The lowest BCUT2D eigenvalue weighted by Gasteiger charge is -2.30. The number of rotatable bonds is 10. The zero-order valence-electron chi connectivity index (χ0n) is 20.6. The molecule has 14 heteroatoms. The van der Waals surface area contributed by atoms with Crippen LogP contribution < -0.4 is 26.4 Å². The molecule has 0 bridgehead atoms. The third-order valence-corrected chi connectivity index (χ3v) is 8.07. The molecule has 2 aliphatic rings. The van der Waals surface area contributed by atoms with E-state index in [0.29, 0.717) is 51.0 Å². The maximum absolute atomic E-state index is 12.6. The van der Waals surface area contributed by atoms with E-state index in [1.165, 1.54) is 0 Å². The summed E-state index contributed by atoms with van der Waals surface area (Å²) in [7, 11) is -3.53. The van der Waals surface area contributed by atoms with E-state index in [1.807, 2.05) is 6.19 Å². The van der Waals surface area contributed by atoms with Crippen molar-refractivity contribution in [3.8, 4) is 18.5 Å². The summed E-state index contributed by atoms with van der Waals surface area (Å²) in [6, 6.07) is -1.07. The van der Waals surface area contributed by atoms with E-state index in [2.05, 4.69) is 32.2 Å². The van der Waals surface area contributed by atoms with E-state index < -0.39 is 39.6 Å². The second-order valence-corrected chi connectivity index (χ2v) is 11.3. The Bertz CT molecular complexity index is 1040. The Morgan fingerprint density at radius 1 is 1.16 bits per heavy atom. The number of nitriles is 1. The van der Waals surface area contributed by atoms with Gasteiger partial charge in [0.1, 0.15) is 6.04 Å². The molecule has 2 amide bonds. The first-order valence-electron chi connectivity index (χ1n) is 12.2. The molecule has 0 aromatic carbocycles. The summed E-state index contributed by atoms with van der Waals surface area (Å²) in [5.74, 6) is 0.320. The highest BCUT2D eigenvalue weighted by molar-refractivity contribution is 7.89. The van der Waals surface area contributed by atoms with Gasteiger partial charge < -0.3 is 21.1 Å². The van der Waals surface area contributed by atoms with Crippen molar-refractivity contribution in [2.45, 2.75) is 75.1 Å². The summed E-state index contributed by atoms with van der Waals surface area (Å²) in [6.45, 7) is 0.113. The normalized spacial score (nSPS) is 25.0. The molecule has 0 heterocycles. The van der Waals surface area contributed by atoms with Crippen molar-refractivity contribution in [1.82, 2.24) is 21.3 Å². The largest absolute Gasteiger partial charge is 0.481 e. The minimum Gasteiger partial charge on any atom is -0.481 e. The highest BCUT2D eigenvalue weighted by Gasteiger charge is 2.30. The van der Waals surface area contributed by atoms with Gasteiger partial charge in [-0.15, -0.1) is 6.42 Å². The lowest BCUT2D eigenvalue weighted by atomic mass is 9.85. The van der Waals surface area contributed by atoms with Gasteiger partial charge in [0.15, 0.2) is 6.19 Å². The highest BCUT2D eigenvalue weighted by atomic mass is 32.2. The summed E-state index contributed by atoms with van der Waals surface area (Å²) >= 11 is 0. The number of amides is 2. The van der Waals surface area contributed by atoms with Gasteiger partial charge in [0.2, 0.25) is 27.8 Å². The van der Waals surface area contributed by atoms with Crippen molar-refractivity contribution < 1.29 is 27.9 Å². The fourth-order valence-corrected chi connectivity index (χ4v) is 5.60. The van der Waals surface area contributed by atoms with Crippen LogP contribution in [0.15, 0.2) is 4.99 Å². The summed E-state index contributed by atoms with van der Waals surface area (Å²) in [5.41, 5.74) is 0. The molecule has 0 aromatic heterocycles. The number of sulfonamides is 1. The molecular formula is C23H35N7O6S. The number of carbonyl (C=O) groups excluding carboxylic acids is 2. The fourth-order valence-electron chi connectivity index (χ4n) is 4.67. The number of terminal acetylenes is 1. The molecule has 13 nitrogen and oxygen atoms in total. The summed E-state index contributed by atoms with van der Waals surface area (Å²) in [6.07, 6.45) is 11.7. The molecule has 7 N–H and O–H groups in total. The van der Waals surface area contributed by atoms with E-state index in [4.69, 9.17) is 21.9 Å². The van der Waals surface area contributed by atoms with Crippen LogP contribution in [-0.4, -0.2) is 67.7 Å². The minimum atomic E-state index is -3.53. The second kappa shape index (κ2) is 14.4. The molecule has 2 aliphatic carbocycles. The van der Waals surface area contributed by atoms with Crippen molar-refractivity contribution in [1.29, 1.82) is 5.26 Å². The van der Waals surface area contributed by atoms with Gasteiger partial charge in [-0.25, -0.2) is 13.6 Å². The lowest BCUT2D eigenvalue weighted by molar-refractivity contribution is -0.137. The molecule has 2 rings (SSSR count). The standard InChI is InChI=1S/C23H35N7O6S/c1-2-17(11-21(32)33)29-20(31)13-26-22(34)16-4-3-5-18(10-16)30-23(28-14-24)27-12-15-6-8-19(9-7-15)37(25,35)36/h1,15-19H,3-13H2,(H,26,34)(H,29,31)(H,32,33)(H2,25,35,36)(H2,27,28,30)/t15?,16?,17-,18?,19?/m1/s1. The lowest BCUT2D eigenvalue weighted by Crippen LogP contribution is -2.47. The number of nitrogens with two attached hydrogens (primary N) is 1. The molecule has 3 atom stereocenters. The van der Waals surface area contributed by atoms with Gasteiger partial charge in [0.05, 0.1) is 18.2 Å². The zero-order chi connectivity index (χ0) is 27.4. The average molecular weight is 538 g/mol. The third kappa shape index (κ3) is 10.7. The summed E-state index contributed by atoms with van der Waals surface area (Å²) < 4.78 is 23.0. The van der Waals surface area contributed by atoms with Crippen molar-refractivity contribution >= 4 is 33.8 Å². The average Bonchev–Trinajstić information content (AvgIpc) is 2.85. The summed E-state index contributed by atoms with van der Waals surface area (Å²) in [4.78, 5) is 39.9. The van der Waals surface area contributed by atoms with Crippen LogP contribution in [0.5, 0.6) is 0 Å². The number of primary sulfonamides is 1. The van der Waals surface area contributed by atoms with Crippen LogP contribution in [0.2, 0.25) is 0 Å². The molecule has 0 aromatic rings. The Morgan fingerprint density at radius 2 is 1.86 bits per heavy atom. The predicted molar refractivity (Wildman–Crippen MR) is 135 cm³/mol. The van der Waals surface area contributed by atoms with E-state index >= 15 is 0 Å². The monoisotopic (exact) mass is 537 g/mol. The quantitative estimate of drug-likeness (QED) is 0.0669. The van der Waals surface area contributed by atoms with Crippen LogP contribution in [0, 0.1) is 35.6 Å². The Balaban J connectivity index is 1.83. The smallest absolute Gasteiger partial charge is 0.306 e. The van der Waals surface area contributed by atoms with Crippen molar-refractivity contribution in [3.05, 3.63) is 0 Å². The molecule has 0 aliphatic heterocycles. The Morgan fingerprint density at radius 3 is 2.46 bits per heavy atom. The molecule has 0 spiro atoms. The molecule has 2 saturated carbocycles. The number of guanidine groups is 1. The van der Waals surface area contributed by atoms with Crippen LogP contribution in [-0.2, 0) is 24.4 Å². The van der Waals surface area contributed by atoms with Gasteiger partial charge >= 0.3 is 5.97 Å². The van der Waals surface area contributed by atoms with Gasteiger partial charge in [0.25, 0.3) is 0 Å². The first kappa shape index (κ1) is 29.9. The number of aliphatic carboxylic acids is 1. The molecule has 2 unspecified atom stereocenters. The van der Waals surface area contributed by atoms with Crippen molar-refractivity contribution in [3.63, 3.8) is 0 Å². The van der Waals surface area contributed by atoms with Crippen LogP contribution in [0.3, 0.4) is 0 Å². The van der Waals surface area contributed by atoms with E-state index in [-0.39, 0.29) is 30.3 Å². The van der Waals surface area contributed by atoms with Crippen LogP contribution in [0.4, 0.5) is 0 Å². The van der Waals surface area contributed by atoms with Crippen LogP contribution >= 0.6 is 0 Å². The third-order valence-electron chi connectivity index (χ3n) is 6.66. The van der Waals surface area contributed by atoms with E-state index in [1.54, 1.807) is 0 Å². The Labute approximate surface area is 217 Å². The summed E-state index contributed by atoms with van der Waals surface area (Å²) in [5, 5.41) is 33.3. The first-order chi connectivity index (χ1) is 17.5. The van der Waals surface area contributed by atoms with Crippen LogP contribution in [0.25, 0.3) is 0 Å². The number of carboxylic acid groups (broad SMARTS) is 1. The zero-order valence-corrected chi connectivity index (χ0v) is 21.4. The number of hydrogen-bond acceptors (Lipinski definition) is 7. The number of carboxylic acids is 1. The molecular weight excluding hydrogens is 502 g/mol. The maximum atomic E-state index is 12.6. The Kier molecular flexibility index (Phi) is 11.6. The van der Waals surface area contributed by atoms with Gasteiger partial charge in [0, 0.05) is 18.5 Å². The first-order valence-corrected chi connectivity index (χ1v) is 13.9. The van der Waals surface area contributed by atoms with Gasteiger partial charge in [-0.3, -0.25) is 24.7 Å². The molecule has 0 saturated heterocycles. The maximum Gasteiger partial charge on any atom is 0.306 e. The van der Waals surface area contributed by atoms with Crippen molar-refractivity contribution in [2.24, 2.45) is 22.0 Å². The SMILES string of the molecule is C#C[C@H](CC(=O)O)NC(=O)CNC(=O)C1CCCC(NC(=NCC2CCC(S(N)(=O)=O)CC2)NC#N)C1. The number of nitrogens with zero attached hydrogens (tertiary/aromatic N) is 2. The molecule has 204 valence electrons. The number of nitrogens with one attached hydrogen (secondary N) is 4. The van der Waals surface area contributed by atoms with Crippen LogP contribution in [0.1, 0.15) is 57.8 Å². The molecule has 37 heavy (non-hydrogen) atoms. The predicted octanol–water partition coefficient (Wildman–Crippen LogP) is -0.882. The molecule has 2 fully saturated rings. The van der Waals surface area contributed by atoms with Crippen molar-refractivity contribution in [2.75, 3.05) is 13.1 Å². The number of aliphatic imine (C=N–C) groups is 1. The Hall–Kier alpha value is -3.36. The second-order valence-electron chi connectivity index (χ2n) is 9.47. The topological polar surface area (TPSA) is 216 Å². The molecule has 0 radical (unpaired) electrons. The van der Waals surface area contributed by atoms with Gasteiger partial charge in [-0.1, -0.05) is 12.3 Å².